The fourth-order valence-electron chi connectivity index (χ4n) is 0.600. The van der Waals surface area contributed by atoms with E-state index >= 15 is 0 Å². The maximum atomic E-state index is 10.7. The largest absolute Gasteiger partial charge is 1.00 e. The van der Waals surface area contributed by atoms with Crippen molar-refractivity contribution in [1.29, 1.82) is 0 Å². The molecule has 0 aliphatic carbocycles. The molecule has 0 aromatic rings. The summed E-state index contributed by atoms with van der Waals surface area (Å²) in [6, 6.07) is 0. The standard InChI is InChI=1S/C7H11NO4S.Na/c1-4-6(9)8-7(5(2)3)13(10,11)12;/h4H,1H2,2-3H3,(H,8,9)(H,10,11,12);/q;+1/p-1. The fraction of sp³-hybridized carbons (Fsp3) is 0.286. The van der Waals surface area contributed by atoms with Gasteiger partial charge in [0.15, 0.2) is 0 Å². The van der Waals surface area contributed by atoms with Gasteiger partial charge in [-0.25, -0.2) is 8.42 Å². The molecule has 0 fully saturated rings. The summed E-state index contributed by atoms with van der Waals surface area (Å²) in [5, 5.41) is 1.31. The number of allylic oxidation sites excluding steroid dienone is 1. The van der Waals surface area contributed by atoms with E-state index in [0.717, 1.165) is 6.08 Å². The monoisotopic (exact) mass is 227 g/mol. The maximum absolute atomic E-state index is 10.7. The number of amides is 1. The van der Waals surface area contributed by atoms with Crippen LogP contribution in [0.5, 0.6) is 0 Å². The van der Waals surface area contributed by atoms with E-state index in [2.05, 4.69) is 6.58 Å². The Labute approximate surface area is 105 Å². The van der Waals surface area contributed by atoms with E-state index in [4.69, 9.17) is 0 Å². The van der Waals surface area contributed by atoms with Gasteiger partial charge in [0.25, 0.3) is 0 Å². The van der Waals surface area contributed by atoms with Crippen LogP contribution in [0.1, 0.15) is 13.8 Å². The van der Waals surface area contributed by atoms with E-state index < -0.39 is 21.1 Å². The van der Waals surface area contributed by atoms with Crippen molar-refractivity contribution >= 4 is 16.0 Å². The summed E-state index contributed by atoms with van der Waals surface area (Å²) in [5.74, 6) is -0.726. The molecular formula is C7H10NNaO4S. The van der Waals surface area contributed by atoms with Crippen LogP contribution in [0.15, 0.2) is 23.3 Å². The zero-order valence-electron chi connectivity index (χ0n) is 8.33. The van der Waals surface area contributed by atoms with Gasteiger partial charge >= 0.3 is 29.6 Å². The Balaban J connectivity index is 0. The molecule has 0 heterocycles. The van der Waals surface area contributed by atoms with Crippen LogP contribution in [0, 0.1) is 0 Å². The molecule has 0 radical (unpaired) electrons. The first kappa shape index (κ1) is 16.3. The third-order valence-electron chi connectivity index (χ3n) is 1.13. The van der Waals surface area contributed by atoms with E-state index in [1.165, 1.54) is 13.8 Å². The Kier molecular flexibility index (Phi) is 7.41. The summed E-state index contributed by atoms with van der Waals surface area (Å²) in [7, 11) is -4.62. The molecular weight excluding hydrogens is 217 g/mol. The van der Waals surface area contributed by atoms with Crippen LogP contribution in [0.2, 0.25) is 0 Å². The molecule has 1 N–H and O–H groups in total. The normalized spacial score (nSPS) is 9.64. The molecule has 0 spiro atoms. The van der Waals surface area contributed by atoms with E-state index in [9.17, 15) is 17.8 Å². The van der Waals surface area contributed by atoms with Crippen molar-refractivity contribution in [2.75, 3.05) is 0 Å². The molecule has 1 amide bonds. The van der Waals surface area contributed by atoms with Crippen LogP contribution in [0.4, 0.5) is 0 Å². The van der Waals surface area contributed by atoms with Gasteiger partial charge in [-0.05, 0) is 25.5 Å². The second kappa shape index (κ2) is 6.36. The minimum absolute atomic E-state index is 0. The summed E-state index contributed by atoms with van der Waals surface area (Å²) in [6.07, 6.45) is 0.883. The van der Waals surface area contributed by atoms with E-state index in [1.54, 1.807) is 0 Å². The van der Waals surface area contributed by atoms with Crippen LogP contribution >= 0.6 is 0 Å². The zero-order valence-corrected chi connectivity index (χ0v) is 11.1. The minimum atomic E-state index is -4.62. The Morgan fingerprint density at radius 2 is 1.86 bits per heavy atom. The smallest absolute Gasteiger partial charge is 0.743 e. The number of hydrogen-bond acceptors (Lipinski definition) is 4. The molecule has 0 aromatic carbocycles. The third-order valence-corrected chi connectivity index (χ3v) is 2.14. The van der Waals surface area contributed by atoms with Crippen LogP contribution in [-0.2, 0) is 14.9 Å². The number of carbonyl (C=O) groups is 1. The predicted octanol–water partition coefficient (Wildman–Crippen LogP) is -2.91. The van der Waals surface area contributed by atoms with Crippen LogP contribution in [-0.4, -0.2) is 18.9 Å². The quantitative estimate of drug-likeness (QED) is 0.318. The van der Waals surface area contributed by atoms with E-state index in [1.807, 2.05) is 5.32 Å². The summed E-state index contributed by atoms with van der Waals surface area (Å²) < 4.78 is 31.7. The summed E-state index contributed by atoms with van der Waals surface area (Å²) in [4.78, 5) is 10.7. The van der Waals surface area contributed by atoms with Crippen LogP contribution < -0.4 is 34.9 Å². The van der Waals surface area contributed by atoms with Crippen molar-refractivity contribution in [2.45, 2.75) is 13.8 Å². The first-order valence-electron chi connectivity index (χ1n) is 3.36. The summed E-state index contributed by atoms with van der Waals surface area (Å²) in [6.45, 7) is 5.95. The molecule has 5 nitrogen and oxygen atoms in total. The van der Waals surface area contributed by atoms with Crippen molar-refractivity contribution in [3.05, 3.63) is 23.3 Å². The van der Waals surface area contributed by atoms with Gasteiger partial charge in [-0.15, -0.1) is 0 Å². The van der Waals surface area contributed by atoms with Gasteiger partial charge in [0.1, 0.15) is 15.1 Å². The first-order valence-corrected chi connectivity index (χ1v) is 4.76. The Hall–Kier alpha value is -0.140. The average Bonchev–Trinajstić information content (AvgIpc) is 1.96. The van der Waals surface area contributed by atoms with Gasteiger partial charge < -0.3 is 9.87 Å². The third kappa shape index (κ3) is 5.56. The van der Waals surface area contributed by atoms with Crippen molar-refractivity contribution in [3.8, 4) is 0 Å². The van der Waals surface area contributed by atoms with E-state index in [-0.39, 0.29) is 35.1 Å². The molecule has 14 heavy (non-hydrogen) atoms. The van der Waals surface area contributed by atoms with Crippen molar-refractivity contribution in [3.63, 3.8) is 0 Å². The van der Waals surface area contributed by atoms with Gasteiger partial charge in [-0.2, -0.15) is 0 Å². The van der Waals surface area contributed by atoms with Crippen molar-refractivity contribution in [1.82, 2.24) is 5.32 Å². The molecule has 0 rings (SSSR count). The average molecular weight is 227 g/mol. The number of hydrogen-bond donors (Lipinski definition) is 1. The van der Waals surface area contributed by atoms with Crippen molar-refractivity contribution in [2.24, 2.45) is 0 Å². The number of carbonyl (C=O) groups excluding carboxylic acids is 1. The molecule has 0 atom stereocenters. The molecule has 0 bridgehead atoms. The van der Waals surface area contributed by atoms with Gasteiger partial charge in [-0.3, -0.25) is 4.79 Å². The summed E-state index contributed by atoms with van der Waals surface area (Å²) in [5.41, 5.74) is 0.227. The molecule has 74 valence electrons. The number of rotatable bonds is 3. The van der Waals surface area contributed by atoms with Crippen LogP contribution in [0.25, 0.3) is 0 Å². The van der Waals surface area contributed by atoms with Crippen LogP contribution in [0.3, 0.4) is 0 Å². The molecule has 0 aliphatic heterocycles. The molecule has 0 saturated heterocycles. The summed E-state index contributed by atoms with van der Waals surface area (Å²) >= 11 is 0. The first-order chi connectivity index (χ1) is 5.79. The van der Waals surface area contributed by atoms with Gasteiger partial charge in [0.05, 0.1) is 0 Å². The van der Waals surface area contributed by atoms with Crippen molar-refractivity contribution < 1.29 is 47.3 Å². The molecule has 7 heteroatoms. The fourth-order valence-corrected chi connectivity index (χ4v) is 1.33. The van der Waals surface area contributed by atoms with Gasteiger partial charge in [-0.1, -0.05) is 6.58 Å². The Morgan fingerprint density at radius 3 is 2.07 bits per heavy atom. The maximum Gasteiger partial charge on any atom is 1.00 e. The van der Waals surface area contributed by atoms with Gasteiger partial charge in [0, 0.05) is 0 Å². The van der Waals surface area contributed by atoms with E-state index in [0.29, 0.717) is 0 Å². The molecule has 0 aliphatic rings. The molecule has 0 saturated carbocycles. The SMILES string of the molecule is C=CC(=O)NC(=C(C)C)S(=O)(=O)[O-].[Na+]. The second-order valence-corrected chi connectivity index (χ2v) is 3.79. The zero-order chi connectivity index (χ0) is 10.6. The topological polar surface area (TPSA) is 86.3 Å². The Morgan fingerprint density at radius 1 is 1.43 bits per heavy atom. The minimum Gasteiger partial charge on any atom is -0.743 e. The predicted molar refractivity (Wildman–Crippen MR) is 46.4 cm³/mol. The van der Waals surface area contributed by atoms with Gasteiger partial charge in [0.2, 0.25) is 5.91 Å². The Bertz CT molecular complexity index is 354. The molecule has 0 unspecified atom stereocenters. The second-order valence-electron chi connectivity index (χ2n) is 2.48. The number of nitrogens with one attached hydrogen (secondary N) is 1. The molecule has 0 aromatic heterocycles.